The molecule has 2 amide bonds. The Morgan fingerprint density at radius 3 is 2.45 bits per heavy atom. The van der Waals surface area contributed by atoms with Gasteiger partial charge in [0.1, 0.15) is 0 Å². The fraction of sp³-hybridized carbons (Fsp3) is 0.500. The maximum absolute atomic E-state index is 12.0. The Morgan fingerprint density at radius 1 is 1.20 bits per heavy atom. The Morgan fingerprint density at radius 2 is 1.85 bits per heavy atom. The number of carbonyl (C=O) groups is 2. The number of carbonyl (C=O) groups excluding carboxylic acids is 2. The van der Waals surface area contributed by atoms with Crippen LogP contribution in [0.3, 0.4) is 0 Å². The van der Waals surface area contributed by atoms with Crippen LogP contribution in [0.5, 0.6) is 0 Å². The van der Waals surface area contributed by atoms with E-state index in [0.717, 1.165) is 0 Å². The molecule has 108 valence electrons. The highest BCUT2D eigenvalue weighted by molar-refractivity contribution is 6.39. The minimum absolute atomic E-state index is 0.0970. The second-order valence-electron chi connectivity index (χ2n) is 4.38. The van der Waals surface area contributed by atoms with Gasteiger partial charge in [0, 0.05) is 45.1 Å². The van der Waals surface area contributed by atoms with Gasteiger partial charge in [-0.05, 0) is 6.07 Å². The molecule has 1 aliphatic heterocycles. The third-order valence-electron chi connectivity index (χ3n) is 3.06. The van der Waals surface area contributed by atoms with Gasteiger partial charge in [-0.25, -0.2) is 9.97 Å². The van der Waals surface area contributed by atoms with Crippen molar-refractivity contribution in [3.63, 3.8) is 0 Å². The van der Waals surface area contributed by atoms with E-state index < -0.39 is 11.8 Å². The average Bonchev–Trinajstić information content (AvgIpc) is 2.48. The Kier molecular flexibility index (Phi) is 4.97. The van der Waals surface area contributed by atoms with E-state index in [9.17, 15) is 9.59 Å². The zero-order valence-corrected chi connectivity index (χ0v) is 11.0. The van der Waals surface area contributed by atoms with Gasteiger partial charge in [0.25, 0.3) is 0 Å². The molecule has 0 aliphatic carbocycles. The number of nitrogens with one attached hydrogen (secondary N) is 1. The highest BCUT2D eigenvalue weighted by Crippen LogP contribution is 2.03. The van der Waals surface area contributed by atoms with Crippen LogP contribution in [0.2, 0.25) is 0 Å². The lowest BCUT2D eigenvalue weighted by atomic mass is 10.3. The number of aromatic nitrogens is 2. The van der Waals surface area contributed by atoms with Gasteiger partial charge < -0.3 is 10.0 Å². The Balaban J connectivity index is 1.84. The molecule has 8 nitrogen and oxygen atoms in total. The van der Waals surface area contributed by atoms with Crippen molar-refractivity contribution in [3.8, 4) is 0 Å². The number of anilines is 1. The summed E-state index contributed by atoms with van der Waals surface area (Å²) in [5, 5.41) is 11.2. The summed E-state index contributed by atoms with van der Waals surface area (Å²) in [6.45, 7) is 2.94. The third kappa shape index (κ3) is 3.72. The molecule has 0 radical (unpaired) electrons. The average molecular weight is 279 g/mol. The van der Waals surface area contributed by atoms with Crippen LogP contribution in [0.1, 0.15) is 0 Å². The molecule has 0 saturated carbocycles. The zero-order chi connectivity index (χ0) is 14.4. The number of rotatable bonds is 3. The molecule has 8 heteroatoms. The molecule has 2 N–H and O–H groups in total. The molecule has 1 aromatic rings. The summed E-state index contributed by atoms with van der Waals surface area (Å²) in [5.74, 6) is -1.20. The monoisotopic (exact) mass is 279 g/mol. The molecule has 1 fully saturated rings. The quantitative estimate of drug-likeness (QED) is 0.657. The fourth-order valence-electron chi connectivity index (χ4n) is 1.98. The van der Waals surface area contributed by atoms with Crippen molar-refractivity contribution in [2.24, 2.45) is 0 Å². The second kappa shape index (κ2) is 6.92. The minimum Gasteiger partial charge on any atom is -0.395 e. The first-order chi connectivity index (χ1) is 9.70. The van der Waals surface area contributed by atoms with Crippen molar-refractivity contribution in [2.75, 3.05) is 44.6 Å². The summed E-state index contributed by atoms with van der Waals surface area (Å²) < 4.78 is 0. The summed E-state index contributed by atoms with van der Waals surface area (Å²) in [7, 11) is 0. The van der Waals surface area contributed by atoms with Gasteiger partial charge >= 0.3 is 11.8 Å². The maximum atomic E-state index is 12.0. The summed E-state index contributed by atoms with van der Waals surface area (Å²) in [4.78, 5) is 34.9. The lowest BCUT2D eigenvalue weighted by molar-refractivity contribution is -0.144. The first-order valence-electron chi connectivity index (χ1n) is 6.41. The molecule has 0 atom stereocenters. The van der Waals surface area contributed by atoms with Gasteiger partial charge in [-0.2, -0.15) is 0 Å². The third-order valence-corrected chi connectivity index (χ3v) is 3.06. The molecule has 0 spiro atoms. The molecule has 0 aromatic carbocycles. The molecular formula is C12H17N5O3. The fourth-order valence-corrected chi connectivity index (χ4v) is 1.98. The van der Waals surface area contributed by atoms with Gasteiger partial charge in [0.2, 0.25) is 5.95 Å². The summed E-state index contributed by atoms with van der Waals surface area (Å²) in [5.41, 5.74) is 0. The van der Waals surface area contributed by atoms with E-state index in [2.05, 4.69) is 15.3 Å². The summed E-state index contributed by atoms with van der Waals surface area (Å²) in [6, 6.07) is 1.62. The lowest BCUT2D eigenvalue weighted by Crippen LogP contribution is -2.52. The zero-order valence-electron chi connectivity index (χ0n) is 11.0. The predicted octanol–water partition coefficient (Wildman–Crippen LogP) is -1.45. The largest absolute Gasteiger partial charge is 0.395 e. The molecule has 0 bridgehead atoms. The van der Waals surface area contributed by atoms with Crippen LogP contribution in [-0.4, -0.2) is 76.0 Å². The van der Waals surface area contributed by atoms with Crippen LogP contribution in [0.15, 0.2) is 18.5 Å². The first kappa shape index (κ1) is 14.4. The number of β-amino-alcohol motifs (C(OH)–C–C–N with tert-alkyl or cyclic N) is 1. The van der Waals surface area contributed by atoms with Gasteiger partial charge in [-0.1, -0.05) is 0 Å². The van der Waals surface area contributed by atoms with E-state index in [4.69, 9.17) is 5.11 Å². The number of aliphatic hydroxyl groups excluding tert-OH is 1. The van der Waals surface area contributed by atoms with Gasteiger partial charge in [-0.15, -0.1) is 0 Å². The molecule has 2 heterocycles. The van der Waals surface area contributed by atoms with E-state index in [0.29, 0.717) is 32.7 Å². The number of hydrogen-bond acceptors (Lipinski definition) is 6. The van der Waals surface area contributed by atoms with Gasteiger partial charge in [-0.3, -0.25) is 19.8 Å². The topological polar surface area (TPSA) is 98.7 Å². The van der Waals surface area contributed by atoms with Crippen molar-refractivity contribution in [1.29, 1.82) is 0 Å². The minimum atomic E-state index is -0.730. The van der Waals surface area contributed by atoms with E-state index in [-0.39, 0.29) is 12.6 Å². The van der Waals surface area contributed by atoms with Crippen molar-refractivity contribution < 1.29 is 14.7 Å². The van der Waals surface area contributed by atoms with Gasteiger partial charge in [0.05, 0.1) is 6.61 Å². The van der Waals surface area contributed by atoms with Crippen LogP contribution >= 0.6 is 0 Å². The normalized spacial score (nSPS) is 15.9. The van der Waals surface area contributed by atoms with Crippen LogP contribution in [0, 0.1) is 0 Å². The molecule has 1 aliphatic rings. The van der Waals surface area contributed by atoms with E-state index in [1.165, 1.54) is 17.3 Å². The number of piperazine rings is 1. The van der Waals surface area contributed by atoms with Crippen molar-refractivity contribution in [2.45, 2.75) is 0 Å². The highest BCUT2D eigenvalue weighted by Gasteiger charge is 2.26. The Hall–Kier alpha value is -2.06. The Bertz CT molecular complexity index is 459. The van der Waals surface area contributed by atoms with Crippen LogP contribution in [0.4, 0.5) is 5.95 Å². The van der Waals surface area contributed by atoms with Crippen LogP contribution < -0.4 is 5.32 Å². The molecule has 0 unspecified atom stereocenters. The molecule has 2 rings (SSSR count). The van der Waals surface area contributed by atoms with E-state index in [1.54, 1.807) is 6.07 Å². The highest BCUT2D eigenvalue weighted by atomic mass is 16.3. The second-order valence-corrected chi connectivity index (χ2v) is 4.38. The van der Waals surface area contributed by atoms with Crippen molar-refractivity contribution >= 4 is 17.8 Å². The first-order valence-corrected chi connectivity index (χ1v) is 6.41. The number of amides is 2. The maximum Gasteiger partial charge on any atom is 0.316 e. The Labute approximate surface area is 116 Å². The number of aliphatic hydroxyl groups is 1. The van der Waals surface area contributed by atoms with E-state index >= 15 is 0 Å². The molecule has 1 aromatic heterocycles. The lowest BCUT2D eigenvalue weighted by Gasteiger charge is -2.33. The SMILES string of the molecule is O=C(Nc1ncccn1)C(=O)N1CCN(CCO)CC1. The van der Waals surface area contributed by atoms with Gasteiger partial charge in [0.15, 0.2) is 0 Å². The summed E-state index contributed by atoms with van der Waals surface area (Å²) >= 11 is 0. The van der Waals surface area contributed by atoms with Crippen LogP contribution in [0.25, 0.3) is 0 Å². The number of nitrogens with zero attached hydrogens (tertiary/aromatic N) is 4. The van der Waals surface area contributed by atoms with Crippen molar-refractivity contribution in [3.05, 3.63) is 18.5 Å². The number of hydrogen-bond donors (Lipinski definition) is 2. The molecular weight excluding hydrogens is 262 g/mol. The van der Waals surface area contributed by atoms with Crippen molar-refractivity contribution in [1.82, 2.24) is 19.8 Å². The van der Waals surface area contributed by atoms with Crippen LogP contribution in [-0.2, 0) is 9.59 Å². The standard InChI is InChI=1S/C12H17N5O3/c18-9-8-16-4-6-17(7-5-16)11(20)10(19)15-12-13-2-1-3-14-12/h1-3,18H,4-9H2,(H,13,14,15,19). The van der Waals surface area contributed by atoms with E-state index in [1.807, 2.05) is 4.90 Å². The molecule has 1 saturated heterocycles. The molecule has 20 heavy (non-hydrogen) atoms. The predicted molar refractivity (Wildman–Crippen MR) is 70.8 cm³/mol. The summed E-state index contributed by atoms with van der Waals surface area (Å²) in [6.07, 6.45) is 2.97. The smallest absolute Gasteiger partial charge is 0.316 e.